The van der Waals surface area contributed by atoms with Crippen LogP contribution in [0.5, 0.6) is 0 Å². The molecule has 0 aliphatic heterocycles. The van der Waals surface area contributed by atoms with Gasteiger partial charge in [-0.3, -0.25) is 0 Å². The molecule has 1 aromatic carbocycles. The molecule has 2 aromatic heterocycles. The maximum Gasteiger partial charge on any atom is 0.347 e. The van der Waals surface area contributed by atoms with Crippen molar-refractivity contribution in [1.29, 1.82) is 0 Å². The molecule has 0 aliphatic rings. The van der Waals surface area contributed by atoms with Crippen molar-refractivity contribution in [3.05, 3.63) is 50.7 Å². The summed E-state index contributed by atoms with van der Waals surface area (Å²) in [5, 5.41) is 1.04. The molecule has 0 aliphatic carbocycles. The molecule has 0 saturated carbocycles. The highest BCUT2D eigenvalue weighted by molar-refractivity contribution is 7.18. The first-order valence-electron chi connectivity index (χ1n) is 5.31. The van der Waals surface area contributed by atoms with Gasteiger partial charge in [0.1, 0.15) is 4.83 Å². The van der Waals surface area contributed by atoms with Crippen LogP contribution in [-0.4, -0.2) is 4.98 Å². The molecular formula is C13H8ClNO2S. The van der Waals surface area contributed by atoms with E-state index >= 15 is 0 Å². The molecule has 90 valence electrons. The monoisotopic (exact) mass is 277 g/mol. The predicted octanol–water partition coefficient (Wildman–Crippen LogP) is 3.88. The molecule has 0 amide bonds. The van der Waals surface area contributed by atoms with Crippen molar-refractivity contribution >= 4 is 33.2 Å². The minimum absolute atomic E-state index is 0.264. The molecule has 3 aromatic rings. The second kappa shape index (κ2) is 4.23. The molecule has 5 heteroatoms. The lowest BCUT2D eigenvalue weighted by molar-refractivity contribution is 0.519. The first-order valence-corrected chi connectivity index (χ1v) is 6.51. The summed E-state index contributed by atoms with van der Waals surface area (Å²) in [6.07, 6.45) is 0. The fourth-order valence-corrected chi connectivity index (χ4v) is 2.82. The summed E-state index contributed by atoms with van der Waals surface area (Å²) in [5.41, 5.74) is 0.253. The summed E-state index contributed by atoms with van der Waals surface area (Å²) in [4.78, 5) is 17.9. The van der Waals surface area contributed by atoms with Crippen molar-refractivity contribution in [2.75, 3.05) is 0 Å². The van der Waals surface area contributed by atoms with Crippen LogP contribution in [0.1, 0.15) is 4.88 Å². The SMILES string of the molecule is Cc1cc2c(=O)oc(-c3ccccc3Cl)nc2s1. The Morgan fingerprint density at radius 3 is 2.89 bits per heavy atom. The number of nitrogens with zero attached hydrogens (tertiary/aromatic N) is 1. The summed E-state index contributed by atoms with van der Waals surface area (Å²) in [6.45, 7) is 1.93. The first-order chi connectivity index (χ1) is 8.65. The molecule has 0 spiro atoms. The van der Waals surface area contributed by atoms with Gasteiger partial charge in [0.15, 0.2) is 0 Å². The average molecular weight is 278 g/mol. The molecule has 0 fully saturated rings. The zero-order valence-corrected chi connectivity index (χ0v) is 11.0. The van der Waals surface area contributed by atoms with Gasteiger partial charge in [-0.1, -0.05) is 23.7 Å². The number of hydrogen-bond acceptors (Lipinski definition) is 4. The Morgan fingerprint density at radius 2 is 2.11 bits per heavy atom. The smallest absolute Gasteiger partial charge is 0.347 e. The lowest BCUT2D eigenvalue weighted by atomic mass is 10.2. The Kier molecular flexibility index (Phi) is 2.69. The number of rotatable bonds is 1. The van der Waals surface area contributed by atoms with Crippen molar-refractivity contribution in [1.82, 2.24) is 4.98 Å². The first kappa shape index (κ1) is 11.4. The van der Waals surface area contributed by atoms with E-state index in [1.807, 2.05) is 19.1 Å². The number of fused-ring (bicyclic) bond motifs is 1. The average Bonchev–Trinajstić information content (AvgIpc) is 2.71. The molecule has 0 N–H and O–H groups in total. The van der Waals surface area contributed by atoms with Crippen molar-refractivity contribution in [3.63, 3.8) is 0 Å². The molecule has 0 atom stereocenters. The molecule has 0 unspecified atom stereocenters. The van der Waals surface area contributed by atoms with Crippen LogP contribution in [0.15, 0.2) is 39.5 Å². The normalized spacial score (nSPS) is 11.0. The van der Waals surface area contributed by atoms with E-state index in [2.05, 4.69) is 4.98 Å². The topological polar surface area (TPSA) is 43.1 Å². The van der Waals surface area contributed by atoms with Crippen LogP contribution in [0, 0.1) is 6.92 Å². The third-order valence-corrected chi connectivity index (χ3v) is 3.83. The van der Waals surface area contributed by atoms with Gasteiger partial charge in [0.2, 0.25) is 5.89 Å². The molecule has 0 radical (unpaired) electrons. The number of benzene rings is 1. The third-order valence-electron chi connectivity index (χ3n) is 2.55. The van der Waals surface area contributed by atoms with E-state index in [4.69, 9.17) is 16.0 Å². The third kappa shape index (κ3) is 1.83. The molecular weight excluding hydrogens is 270 g/mol. The standard InChI is InChI=1S/C13H8ClNO2S/c1-7-6-9-12(18-7)15-11(17-13(9)16)8-4-2-3-5-10(8)14/h2-6H,1H3. The summed E-state index contributed by atoms with van der Waals surface area (Å²) in [5.74, 6) is 0.264. The van der Waals surface area contributed by atoms with Crippen LogP contribution >= 0.6 is 22.9 Å². The molecule has 0 saturated heterocycles. The highest BCUT2D eigenvalue weighted by atomic mass is 35.5. The van der Waals surface area contributed by atoms with Crippen LogP contribution < -0.4 is 5.63 Å². The highest BCUT2D eigenvalue weighted by Crippen LogP contribution is 2.28. The van der Waals surface area contributed by atoms with E-state index in [1.54, 1.807) is 18.2 Å². The van der Waals surface area contributed by atoms with E-state index in [0.717, 1.165) is 4.88 Å². The Hall–Kier alpha value is -1.65. The van der Waals surface area contributed by atoms with Gasteiger partial charge < -0.3 is 4.42 Å². The molecule has 18 heavy (non-hydrogen) atoms. The van der Waals surface area contributed by atoms with Crippen molar-refractivity contribution in [3.8, 4) is 11.5 Å². The van der Waals surface area contributed by atoms with E-state index in [-0.39, 0.29) is 11.5 Å². The second-order valence-corrected chi connectivity index (χ2v) is 5.50. The van der Waals surface area contributed by atoms with Crippen LogP contribution in [0.2, 0.25) is 5.02 Å². The number of halogens is 1. The zero-order chi connectivity index (χ0) is 12.7. The number of aromatic nitrogens is 1. The molecule has 2 heterocycles. The fraction of sp³-hybridized carbons (Fsp3) is 0.0769. The molecule has 3 nitrogen and oxygen atoms in total. The van der Waals surface area contributed by atoms with E-state index in [0.29, 0.717) is 20.8 Å². The Morgan fingerprint density at radius 1 is 1.33 bits per heavy atom. The summed E-state index contributed by atoms with van der Waals surface area (Å²) >= 11 is 7.54. The fourth-order valence-electron chi connectivity index (χ4n) is 1.74. The van der Waals surface area contributed by atoms with Crippen molar-refractivity contribution in [2.24, 2.45) is 0 Å². The summed E-state index contributed by atoms with van der Waals surface area (Å²) in [7, 11) is 0. The maximum absolute atomic E-state index is 11.9. The van der Waals surface area contributed by atoms with Gasteiger partial charge in [0.05, 0.1) is 16.0 Å². The molecule has 3 rings (SSSR count). The quantitative estimate of drug-likeness (QED) is 0.678. The van der Waals surface area contributed by atoms with E-state index in [9.17, 15) is 4.79 Å². The van der Waals surface area contributed by atoms with E-state index < -0.39 is 0 Å². The zero-order valence-electron chi connectivity index (χ0n) is 9.44. The summed E-state index contributed by atoms with van der Waals surface area (Å²) in [6, 6.07) is 8.95. The van der Waals surface area contributed by atoms with Gasteiger partial charge in [-0.2, -0.15) is 0 Å². The van der Waals surface area contributed by atoms with Gasteiger partial charge in [0.25, 0.3) is 0 Å². The largest absolute Gasteiger partial charge is 0.403 e. The van der Waals surface area contributed by atoms with Crippen LogP contribution in [0.25, 0.3) is 21.7 Å². The predicted molar refractivity (Wildman–Crippen MR) is 73.3 cm³/mol. The van der Waals surface area contributed by atoms with Crippen molar-refractivity contribution in [2.45, 2.75) is 6.92 Å². The number of aryl methyl sites for hydroxylation is 1. The second-order valence-electron chi connectivity index (χ2n) is 3.86. The van der Waals surface area contributed by atoms with E-state index in [1.165, 1.54) is 11.3 Å². The van der Waals surface area contributed by atoms with Crippen LogP contribution in [0.3, 0.4) is 0 Å². The van der Waals surface area contributed by atoms with Gasteiger partial charge in [-0.15, -0.1) is 11.3 Å². The lowest BCUT2D eigenvalue weighted by Crippen LogP contribution is -2.00. The lowest BCUT2D eigenvalue weighted by Gasteiger charge is -2.01. The Labute approximate surface area is 112 Å². The highest BCUT2D eigenvalue weighted by Gasteiger charge is 2.12. The minimum Gasteiger partial charge on any atom is -0.403 e. The van der Waals surface area contributed by atoms with Crippen LogP contribution in [-0.2, 0) is 0 Å². The maximum atomic E-state index is 11.9. The Bertz CT molecular complexity index is 791. The van der Waals surface area contributed by atoms with Gasteiger partial charge in [-0.25, -0.2) is 9.78 Å². The van der Waals surface area contributed by atoms with Gasteiger partial charge >= 0.3 is 5.63 Å². The number of hydrogen-bond donors (Lipinski definition) is 0. The molecule has 0 bridgehead atoms. The van der Waals surface area contributed by atoms with Gasteiger partial charge in [0, 0.05) is 4.88 Å². The Balaban J connectivity index is 2.31. The number of thiophene rings is 1. The van der Waals surface area contributed by atoms with Crippen molar-refractivity contribution < 1.29 is 4.42 Å². The van der Waals surface area contributed by atoms with Gasteiger partial charge in [-0.05, 0) is 25.1 Å². The van der Waals surface area contributed by atoms with Crippen LogP contribution in [0.4, 0.5) is 0 Å². The summed E-state index contributed by atoms with van der Waals surface area (Å²) < 4.78 is 5.23. The minimum atomic E-state index is -0.376.